The molecule has 0 fully saturated rings. The maximum atomic E-state index is 12.8. The van der Waals surface area contributed by atoms with Crippen molar-refractivity contribution in [2.45, 2.75) is 32.9 Å². The first kappa shape index (κ1) is 17.8. The van der Waals surface area contributed by atoms with Gasteiger partial charge < -0.3 is 14.2 Å². The molecule has 27 heavy (non-hydrogen) atoms. The monoisotopic (exact) mass is 381 g/mol. The van der Waals surface area contributed by atoms with Crippen molar-refractivity contribution in [1.82, 2.24) is 14.5 Å². The van der Waals surface area contributed by atoms with E-state index in [1.165, 1.54) is 5.69 Å². The summed E-state index contributed by atoms with van der Waals surface area (Å²) in [7, 11) is 0. The highest BCUT2D eigenvalue weighted by Gasteiger charge is 2.27. The third-order valence-electron chi connectivity index (χ3n) is 4.96. The molecular formula is C21H23N3O2S. The van der Waals surface area contributed by atoms with Crippen LogP contribution in [-0.2, 0) is 17.8 Å². The van der Waals surface area contributed by atoms with Gasteiger partial charge in [-0.1, -0.05) is 0 Å². The molecule has 0 N–H and O–H groups in total. The van der Waals surface area contributed by atoms with Gasteiger partial charge in [0.1, 0.15) is 10.8 Å². The summed E-state index contributed by atoms with van der Waals surface area (Å²) in [5.74, 6) is 0.996. The number of aromatic nitrogens is 2. The van der Waals surface area contributed by atoms with Crippen LogP contribution in [-0.4, -0.2) is 33.5 Å². The minimum absolute atomic E-state index is 0.102. The zero-order valence-corrected chi connectivity index (χ0v) is 16.4. The Labute approximate surface area is 163 Å². The van der Waals surface area contributed by atoms with Crippen LogP contribution in [0.1, 0.15) is 31.3 Å². The molecule has 1 aromatic carbocycles. The second-order valence-corrected chi connectivity index (χ2v) is 7.53. The number of thiazole rings is 1. The largest absolute Gasteiger partial charge is 0.494 e. The van der Waals surface area contributed by atoms with Crippen molar-refractivity contribution in [1.29, 1.82) is 0 Å². The molecule has 3 heterocycles. The lowest BCUT2D eigenvalue weighted by Gasteiger charge is -2.34. The topological polar surface area (TPSA) is 47.4 Å². The number of ether oxygens (including phenoxy) is 1. The van der Waals surface area contributed by atoms with Gasteiger partial charge in [-0.15, -0.1) is 11.3 Å². The minimum atomic E-state index is 0.102. The maximum Gasteiger partial charge on any atom is 0.229 e. The van der Waals surface area contributed by atoms with Crippen LogP contribution in [0.15, 0.2) is 48.0 Å². The molecule has 1 aliphatic rings. The molecule has 1 atom stereocenters. The van der Waals surface area contributed by atoms with Crippen LogP contribution in [0.3, 0.4) is 0 Å². The minimum Gasteiger partial charge on any atom is -0.494 e. The molecule has 1 aliphatic heterocycles. The summed E-state index contributed by atoms with van der Waals surface area (Å²) < 4.78 is 7.71. The molecule has 0 unspecified atom stereocenters. The van der Waals surface area contributed by atoms with E-state index in [1.807, 2.05) is 47.5 Å². The lowest BCUT2D eigenvalue weighted by Crippen LogP contribution is -2.41. The van der Waals surface area contributed by atoms with Crippen molar-refractivity contribution in [3.63, 3.8) is 0 Å². The summed E-state index contributed by atoms with van der Waals surface area (Å²) in [6, 6.07) is 12.2. The smallest absolute Gasteiger partial charge is 0.229 e. The second kappa shape index (κ2) is 7.56. The van der Waals surface area contributed by atoms with Gasteiger partial charge in [-0.25, -0.2) is 4.98 Å². The lowest BCUT2D eigenvalue weighted by molar-refractivity contribution is -0.133. The first-order chi connectivity index (χ1) is 13.2. The predicted molar refractivity (Wildman–Crippen MR) is 107 cm³/mol. The van der Waals surface area contributed by atoms with Crippen LogP contribution < -0.4 is 4.74 Å². The van der Waals surface area contributed by atoms with E-state index in [4.69, 9.17) is 4.74 Å². The van der Waals surface area contributed by atoms with Crippen molar-refractivity contribution >= 4 is 17.2 Å². The van der Waals surface area contributed by atoms with Crippen LogP contribution >= 0.6 is 11.3 Å². The molecule has 0 bridgehead atoms. The first-order valence-electron chi connectivity index (χ1n) is 9.28. The summed E-state index contributed by atoms with van der Waals surface area (Å²) in [5.41, 5.74) is 3.08. The van der Waals surface area contributed by atoms with Gasteiger partial charge in [-0.05, 0) is 50.2 Å². The summed E-state index contributed by atoms with van der Waals surface area (Å²) in [5, 5.41) is 2.92. The van der Waals surface area contributed by atoms with Crippen LogP contribution in [0.2, 0.25) is 0 Å². The number of fused-ring (bicyclic) bond motifs is 1. The van der Waals surface area contributed by atoms with Crippen LogP contribution in [0.4, 0.5) is 0 Å². The zero-order chi connectivity index (χ0) is 18.8. The van der Waals surface area contributed by atoms with Gasteiger partial charge in [0.25, 0.3) is 0 Å². The van der Waals surface area contributed by atoms with Gasteiger partial charge in [0.2, 0.25) is 5.91 Å². The molecule has 5 nitrogen and oxygen atoms in total. The highest BCUT2D eigenvalue weighted by atomic mass is 32.1. The molecule has 3 aromatic rings. The number of amides is 1. The molecule has 0 aliphatic carbocycles. The van der Waals surface area contributed by atoms with E-state index in [9.17, 15) is 4.79 Å². The van der Waals surface area contributed by atoms with E-state index in [2.05, 4.69) is 28.7 Å². The van der Waals surface area contributed by atoms with Crippen molar-refractivity contribution in [2.24, 2.45) is 0 Å². The highest BCUT2D eigenvalue weighted by molar-refractivity contribution is 7.13. The van der Waals surface area contributed by atoms with Crippen molar-refractivity contribution in [2.75, 3.05) is 13.2 Å². The Morgan fingerprint density at radius 2 is 2.07 bits per heavy atom. The average Bonchev–Trinajstić information content (AvgIpc) is 3.33. The van der Waals surface area contributed by atoms with Gasteiger partial charge >= 0.3 is 0 Å². The second-order valence-electron chi connectivity index (χ2n) is 6.67. The maximum absolute atomic E-state index is 12.8. The molecule has 1 amide bonds. The fourth-order valence-electron chi connectivity index (χ4n) is 3.56. The summed E-state index contributed by atoms with van der Waals surface area (Å²) >= 11 is 1.57. The van der Waals surface area contributed by atoms with Crippen LogP contribution in [0.25, 0.3) is 10.6 Å². The van der Waals surface area contributed by atoms with E-state index < -0.39 is 0 Å². The number of carbonyl (C=O) groups is 1. The Balaban J connectivity index is 1.44. The quantitative estimate of drug-likeness (QED) is 0.667. The number of hydrogen-bond donors (Lipinski definition) is 0. The highest BCUT2D eigenvalue weighted by Crippen LogP contribution is 2.28. The molecule has 0 spiro atoms. The van der Waals surface area contributed by atoms with Gasteiger partial charge in [-0.3, -0.25) is 4.79 Å². The van der Waals surface area contributed by atoms with E-state index >= 15 is 0 Å². The predicted octanol–water partition coefficient (Wildman–Crippen LogP) is 4.16. The van der Waals surface area contributed by atoms with E-state index in [0.29, 0.717) is 13.0 Å². The molecule has 0 saturated carbocycles. The molecular weight excluding hydrogens is 358 g/mol. The van der Waals surface area contributed by atoms with Gasteiger partial charge in [0, 0.05) is 35.9 Å². The fourth-order valence-corrected chi connectivity index (χ4v) is 4.38. The van der Waals surface area contributed by atoms with E-state index in [-0.39, 0.29) is 11.9 Å². The Morgan fingerprint density at radius 1 is 1.26 bits per heavy atom. The Kier molecular flexibility index (Phi) is 4.99. The Bertz CT molecular complexity index is 929. The molecule has 2 aromatic heterocycles. The van der Waals surface area contributed by atoms with Gasteiger partial charge in [-0.2, -0.15) is 0 Å². The standard InChI is InChI=1S/C21H23N3O2S/c1-3-26-18-8-6-16(7-9-18)21-22-17(14-27-21)13-20(25)24-12-11-23-10-4-5-19(23)15(24)2/h4-10,14-15H,3,11-13H2,1-2H3/t15-/m1/s1. The van der Waals surface area contributed by atoms with Gasteiger partial charge in [0.15, 0.2) is 0 Å². The number of hydrogen-bond acceptors (Lipinski definition) is 4. The first-order valence-corrected chi connectivity index (χ1v) is 10.2. The summed E-state index contributed by atoms with van der Waals surface area (Å²) in [6.45, 7) is 6.32. The van der Waals surface area contributed by atoms with Crippen LogP contribution in [0.5, 0.6) is 5.75 Å². The zero-order valence-electron chi connectivity index (χ0n) is 15.6. The summed E-state index contributed by atoms with van der Waals surface area (Å²) in [6.07, 6.45) is 2.43. The number of nitrogens with zero attached hydrogens (tertiary/aromatic N) is 3. The molecule has 140 valence electrons. The fraction of sp³-hybridized carbons (Fsp3) is 0.333. The van der Waals surface area contributed by atoms with Crippen LogP contribution in [0, 0.1) is 0 Å². The molecule has 0 saturated heterocycles. The van der Waals surface area contributed by atoms with Crippen molar-refractivity contribution in [3.05, 3.63) is 59.4 Å². The Hall–Kier alpha value is -2.60. The number of rotatable bonds is 5. The van der Waals surface area contributed by atoms with Crippen molar-refractivity contribution in [3.8, 4) is 16.3 Å². The summed E-state index contributed by atoms with van der Waals surface area (Å²) in [4.78, 5) is 19.5. The van der Waals surface area contributed by atoms with Crippen molar-refractivity contribution < 1.29 is 9.53 Å². The third kappa shape index (κ3) is 3.62. The average molecular weight is 382 g/mol. The number of carbonyl (C=O) groups excluding carboxylic acids is 1. The SMILES string of the molecule is CCOc1ccc(-c2nc(CC(=O)N3CCn4cccc4[C@H]3C)cs2)cc1. The lowest BCUT2D eigenvalue weighted by atomic mass is 10.1. The third-order valence-corrected chi connectivity index (χ3v) is 5.90. The normalized spacial score (nSPS) is 16.2. The number of benzene rings is 1. The molecule has 0 radical (unpaired) electrons. The van der Waals surface area contributed by atoms with E-state index in [1.54, 1.807) is 11.3 Å². The molecule has 6 heteroatoms. The Morgan fingerprint density at radius 3 is 2.85 bits per heavy atom. The van der Waals surface area contributed by atoms with E-state index in [0.717, 1.165) is 35.1 Å². The van der Waals surface area contributed by atoms with Gasteiger partial charge in [0.05, 0.1) is 24.8 Å². The molecule has 4 rings (SSSR count).